The van der Waals surface area contributed by atoms with Crippen molar-refractivity contribution in [3.8, 4) is 0 Å². The third-order valence-electron chi connectivity index (χ3n) is 3.08. The first-order valence-corrected chi connectivity index (χ1v) is 7.68. The summed E-state index contributed by atoms with van der Waals surface area (Å²) in [5.41, 5.74) is 1.44. The summed E-state index contributed by atoms with van der Waals surface area (Å²) < 4.78 is 1.07. The van der Waals surface area contributed by atoms with Gasteiger partial charge in [0.05, 0.1) is 27.6 Å². The van der Waals surface area contributed by atoms with E-state index in [1.807, 2.05) is 37.4 Å². The summed E-state index contributed by atoms with van der Waals surface area (Å²) in [6, 6.07) is 9.65. The Morgan fingerprint density at radius 3 is 3.00 bits per heavy atom. The number of nitrogens with zero attached hydrogens (tertiary/aromatic N) is 2. The second-order valence-electron chi connectivity index (χ2n) is 4.51. The van der Waals surface area contributed by atoms with Crippen molar-refractivity contribution in [3.05, 3.63) is 50.8 Å². The molecule has 0 fully saturated rings. The maximum absolute atomic E-state index is 12.5. The molecule has 3 aromatic rings. The van der Waals surface area contributed by atoms with Crippen molar-refractivity contribution in [3.63, 3.8) is 0 Å². The summed E-state index contributed by atoms with van der Waals surface area (Å²) in [5.74, 6) is -0.00984. The average molecular weight is 350 g/mol. The predicted octanol–water partition coefficient (Wildman–Crippen LogP) is 3.66. The van der Waals surface area contributed by atoms with Gasteiger partial charge in [0.15, 0.2) is 0 Å². The van der Waals surface area contributed by atoms with E-state index in [4.69, 9.17) is 0 Å². The highest BCUT2D eigenvalue weighted by Crippen LogP contribution is 2.24. The van der Waals surface area contributed by atoms with E-state index in [-0.39, 0.29) is 5.91 Å². The van der Waals surface area contributed by atoms with Crippen LogP contribution >= 0.6 is 27.3 Å². The molecular formula is C14H12BrN3OS. The molecule has 0 aliphatic carbocycles. The summed E-state index contributed by atoms with van der Waals surface area (Å²) >= 11 is 5.07. The number of H-pyrrole nitrogens is 1. The standard InChI is InChI=1S/C14H12BrN3OS/c1-18(8-10-5-6-12(15)20-10)14(19)11-4-2-3-9-7-16-17-13(9)11/h2-7H,8H2,1H3,(H,16,17). The third-order valence-corrected chi connectivity index (χ3v) is 4.68. The molecule has 0 aliphatic heterocycles. The molecule has 0 atom stereocenters. The molecule has 1 N–H and O–H groups in total. The van der Waals surface area contributed by atoms with E-state index in [9.17, 15) is 4.79 Å². The smallest absolute Gasteiger partial charge is 0.256 e. The lowest BCUT2D eigenvalue weighted by Gasteiger charge is -2.16. The summed E-state index contributed by atoms with van der Waals surface area (Å²) in [7, 11) is 1.81. The van der Waals surface area contributed by atoms with Gasteiger partial charge >= 0.3 is 0 Å². The number of hydrogen-bond acceptors (Lipinski definition) is 3. The quantitative estimate of drug-likeness (QED) is 0.784. The van der Waals surface area contributed by atoms with Crippen LogP contribution < -0.4 is 0 Å². The summed E-state index contributed by atoms with van der Waals surface area (Å²) in [5, 5.41) is 7.83. The molecule has 2 aromatic heterocycles. The van der Waals surface area contributed by atoms with Crippen LogP contribution in [0, 0.1) is 0 Å². The van der Waals surface area contributed by atoms with Crippen molar-refractivity contribution in [2.45, 2.75) is 6.54 Å². The van der Waals surface area contributed by atoms with Gasteiger partial charge in [-0.1, -0.05) is 12.1 Å². The molecule has 0 saturated carbocycles. The van der Waals surface area contributed by atoms with E-state index in [1.54, 1.807) is 22.4 Å². The molecule has 1 amide bonds. The third kappa shape index (κ3) is 2.48. The van der Waals surface area contributed by atoms with Crippen LogP contribution in [0.2, 0.25) is 0 Å². The summed E-state index contributed by atoms with van der Waals surface area (Å²) in [4.78, 5) is 15.4. The van der Waals surface area contributed by atoms with Crippen LogP contribution in [-0.4, -0.2) is 28.1 Å². The molecule has 102 valence electrons. The van der Waals surface area contributed by atoms with Crippen LogP contribution in [0.15, 0.2) is 40.3 Å². The SMILES string of the molecule is CN(Cc1ccc(Br)s1)C(=O)c1cccc2cn[nH]c12. The van der Waals surface area contributed by atoms with Crippen molar-refractivity contribution in [2.24, 2.45) is 0 Å². The Morgan fingerprint density at radius 1 is 1.40 bits per heavy atom. The number of aromatic nitrogens is 2. The number of fused-ring (bicyclic) bond motifs is 1. The minimum absolute atomic E-state index is 0.00984. The van der Waals surface area contributed by atoms with Crippen LogP contribution in [0.4, 0.5) is 0 Å². The molecule has 0 unspecified atom stereocenters. The van der Waals surface area contributed by atoms with Crippen molar-refractivity contribution in [1.82, 2.24) is 15.1 Å². The van der Waals surface area contributed by atoms with E-state index in [2.05, 4.69) is 26.1 Å². The summed E-state index contributed by atoms with van der Waals surface area (Å²) in [6.07, 6.45) is 1.72. The van der Waals surface area contributed by atoms with Gasteiger partial charge < -0.3 is 4.90 Å². The Kier molecular flexibility index (Phi) is 3.58. The highest BCUT2D eigenvalue weighted by molar-refractivity contribution is 9.11. The molecule has 2 heterocycles. The number of nitrogens with one attached hydrogen (secondary N) is 1. The molecule has 0 saturated heterocycles. The van der Waals surface area contributed by atoms with E-state index in [1.165, 1.54) is 0 Å². The monoisotopic (exact) mass is 349 g/mol. The Balaban J connectivity index is 1.86. The van der Waals surface area contributed by atoms with E-state index in [0.717, 1.165) is 19.6 Å². The van der Waals surface area contributed by atoms with Crippen LogP contribution in [-0.2, 0) is 6.54 Å². The molecule has 0 bridgehead atoms. The van der Waals surface area contributed by atoms with Crippen molar-refractivity contribution in [1.29, 1.82) is 0 Å². The number of rotatable bonds is 3. The fraction of sp³-hybridized carbons (Fsp3) is 0.143. The Morgan fingerprint density at radius 2 is 2.25 bits per heavy atom. The highest BCUT2D eigenvalue weighted by atomic mass is 79.9. The maximum Gasteiger partial charge on any atom is 0.256 e. The minimum atomic E-state index is -0.00984. The predicted molar refractivity (Wildman–Crippen MR) is 83.9 cm³/mol. The van der Waals surface area contributed by atoms with Crippen molar-refractivity contribution >= 4 is 44.1 Å². The number of hydrogen-bond donors (Lipinski definition) is 1. The number of para-hydroxylation sites is 1. The topological polar surface area (TPSA) is 49.0 Å². The van der Waals surface area contributed by atoms with Gasteiger partial charge in [0.25, 0.3) is 5.91 Å². The molecule has 0 radical (unpaired) electrons. The fourth-order valence-corrected chi connectivity index (χ4v) is 3.63. The lowest BCUT2D eigenvalue weighted by Crippen LogP contribution is -2.26. The second kappa shape index (κ2) is 5.38. The number of benzene rings is 1. The van der Waals surface area contributed by atoms with E-state index < -0.39 is 0 Å². The van der Waals surface area contributed by atoms with Gasteiger partial charge in [-0.2, -0.15) is 5.10 Å². The number of carbonyl (C=O) groups is 1. The average Bonchev–Trinajstić information content (AvgIpc) is 3.06. The molecule has 6 heteroatoms. The zero-order valence-corrected chi connectivity index (χ0v) is 13.2. The van der Waals surface area contributed by atoms with Crippen LogP contribution in [0.1, 0.15) is 15.2 Å². The Bertz CT molecular complexity index is 764. The normalized spacial score (nSPS) is 10.9. The zero-order chi connectivity index (χ0) is 14.1. The first kappa shape index (κ1) is 13.3. The fourth-order valence-electron chi connectivity index (χ4n) is 2.10. The van der Waals surface area contributed by atoms with Gasteiger partial charge in [-0.3, -0.25) is 9.89 Å². The molecule has 1 aromatic carbocycles. The lowest BCUT2D eigenvalue weighted by atomic mass is 10.1. The minimum Gasteiger partial charge on any atom is -0.336 e. The zero-order valence-electron chi connectivity index (χ0n) is 10.8. The maximum atomic E-state index is 12.5. The molecule has 0 aliphatic rings. The van der Waals surface area contributed by atoms with Crippen LogP contribution in [0.25, 0.3) is 10.9 Å². The molecular weight excluding hydrogens is 338 g/mol. The van der Waals surface area contributed by atoms with E-state index in [0.29, 0.717) is 12.1 Å². The number of aromatic amines is 1. The lowest BCUT2D eigenvalue weighted by molar-refractivity contribution is 0.0788. The summed E-state index contributed by atoms with van der Waals surface area (Å²) in [6.45, 7) is 0.597. The van der Waals surface area contributed by atoms with Gasteiger partial charge in [0.2, 0.25) is 0 Å². The van der Waals surface area contributed by atoms with Crippen LogP contribution in [0.5, 0.6) is 0 Å². The van der Waals surface area contributed by atoms with Crippen molar-refractivity contribution in [2.75, 3.05) is 7.05 Å². The Labute approximate surface area is 128 Å². The highest BCUT2D eigenvalue weighted by Gasteiger charge is 2.16. The molecule has 4 nitrogen and oxygen atoms in total. The number of halogens is 1. The van der Waals surface area contributed by atoms with E-state index >= 15 is 0 Å². The number of carbonyl (C=O) groups excluding carboxylic acids is 1. The first-order chi connectivity index (χ1) is 9.65. The van der Waals surface area contributed by atoms with Gasteiger partial charge in [-0.05, 0) is 34.1 Å². The molecule has 20 heavy (non-hydrogen) atoms. The van der Waals surface area contributed by atoms with Crippen LogP contribution in [0.3, 0.4) is 0 Å². The largest absolute Gasteiger partial charge is 0.336 e. The van der Waals surface area contributed by atoms with Gasteiger partial charge in [0.1, 0.15) is 0 Å². The molecule has 3 rings (SSSR count). The number of amides is 1. The van der Waals surface area contributed by atoms with Gasteiger partial charge in [0, 0.05) is 17.3 Å². The van der Waals surface area contributed by atoms with Gasteiger partial charge in [-0.25, -0.2) is 0 Å². The van der Waals surface area contributed by atoms with Crippen molar-refractivity contribution < 1.29 is 4.79 Å². The second-order valence-corrected chi connectivity index (χ2v) is 7.05. The molecule has 0 spiro atoms. The van der Waals surface area contributed by atoms with Gasteiger partial charge in [-0.15, -0.1) is 11.3 Å². The number of thiophene rings is 1. The Hall–Kier alpha value is -1.66. The first-order valence-electron chi connectivity index (χ1n) is 6.07.